The Bertz CT molecular complexity index is 225. The number of rotatable bonds is 5. The highest BCUT2D eigenvalue weighted by atomic mass is 16.2. The Labute approximate surface area is 91.0 Å². The highest BCUT2D eigenvalue weighted by Gasteiger charge is 2.27. The molecule has 4 nitrogen and oxygen atoms in total. The third-order valence-electron chi connectivity index (χ3n) is 2.83. The van der Waals surface area contributed by atoms with Crippen molar-refractivity contribution in [2.24, 2.45) is 0 Å². The van der Waals surface area contributed by atoms with Gasteiger partial charge in [0, 0.05) is 25.4 Å². The van der Waals surface area contributed by atoms with Gasteiger partial charge >= 0.3 is 0 Å². The average Bonchev–Trinajstić information content (AvgIpc) is 2.22. The van der Waals surface area contributed by atoms with Gasteiger partial charge in [-0.3, -0.25) is 14.5 Å². The maximum absolute atomic E-state index is 11.5. The van der Waals surface area contributed by atoms with Crippen LogP contribution in [0.4, 0.5) is 0 Å². The molecule has 0 aromatic carbocycles. The van der Waals surface area contributed by atoms with Crippen LogP contribution in [0.3, 0.4) is 0 Å². The number of imide groups is 1. The number of carbonyl (C=O) groups is 2. The first-order chi connectivity index (χ1) is 7.19. The zero-order valence-electron chi connectivity index (χ0n) is 9.58. The summed E-state index contributed by atoms with van der Waals surface area (Å²) in [5.74, 6) is -0.0230. The van der Waals surface area contributed by atoms with Crippen LogP contribution >= 0.6 is 0 Å². The summed E-state index contributed by atoms with van der Waals surface area (Å²) < 4.78 is 0. The van der Waals surface area contributed by atoms with Crippen LogP contribution in [0.15, 0.2) is 0 Å². The van der Waals surface area contributed by atoms with Gasteiger partial charge in [-0.25, -0.2) is 0 Å². The molecular formula is C11H20N2O2. The van der Waals surface area contributed by atoms with E-state index in [-0.39, 0.29) is 17.9 Å². The molecule has 1 unspecified atom stereocenters. The van der Waals surface area contributed by atoms with E-state index in [4.69, 9.17) is 0 Å². The Morgan fingerprint density at radius 2 is 1.93 bits per heavy atom. The first-order valence-electron chi connectivity index (χ1n) is 5.69. The number of amides is 2. The minimum absolute atomic E-state index is 0.0115. The predicted octanol–water partition coefficient (Wildman–Crippen LogP) is 0.914. The third-order valence-corrected chi connectivity index (χ3v) is 2.83. The fourth-order valence-electron chi connectivity index (χ4n) is 1.90. The molecule has 1 aliphatic heterocycles. The zero-order chi connectivity index (χ0) is 11.3. The van der Waals surface area contributed by atoms with Gasteiger partial charge in [0.05, 0.1) is 0 Å². The summed E-state index contributed by atoms with van der Waals surface area (Å²) in [4.78, 5) is 24.5. The van der Waals surface area contributed by atoms with E-state index >= 15 is 0 Å². The van der Waals surface area contributed by atoms with Crippen molar-refractivity contribution in [3.63, 3.8) is 0 Å². The second-order valence-corrected chi connectivity index (χ2v) is 4.03. The number of hydrogen-bond acceptors (Lipinski definition) is 3. The average molecular weight is 212 g/mol. The largest absolute Gasteiger partial charge is 0.315 e. The van der Waals surface area contributed by atoms with Gasteiger partial charge in [0.25, 0.3) is 0 Å². The SMILES string of the molecule is CCCC(CN1C(=O)CCCC1=O)NC. The Morgan fingerprint density at radius 1 is 1.33 bits per heavy atom. The van der Waals surface area contributed by atoms with Gasteiger partial charge in [0.2, 0.25) is 11.8 Å². The maximum Gasteiger partial charge on any atom is 0.229 e. The van der Waals surface area contributed by atoms with Gasteiger partial charge in [-0.05, 0) is 19.9 Å². The summed E-state index contributed by atoms with van der Waals surface area (Å²) >= 11 is 0. The van der Waals surface area contributed by atoms with Gasteiger partial charge in [-0.15, -0.1) is 0 Å². The molecule has 4 heteroatoms. The molecule has 1 aliphatic rings. The van der Waals surface area contributed by atoms with E-state index in [1.54, 1.807) is 0 Å². The van der Waals surface area contributed by atoms with E-state index in [1.807, 2.05) is 7.05 Å². The first-order valence-corrected chi connectivity index (χ1v) is 5.69. The van der Waals surface area contributed by atoms with E-state index in [0.29, 0.717) is 25.8 Å². The molecule has 1 fully saturated rings. The molecule has 1 atom stereocenters. The lowest BCUT2D eigenvalue weighted by atomic mass is 10.1. The molecule has 86 valence electrons. The smallest absolute Gasteiger partial charge is 0.229 e. The molecule has 0 saturated carbocycles. The van der Waals surface area contributed by atoms with Crippen molar-refractivity contribution in [2.75, 3.05) is 13.6 Å². The molecule has 0 aromatic rings. The van der Waals surface area contributed by atoms with Crippen LogP contribution in [0, 0.1) is 0 Å². The lowest BCUT2D eigenvalue weighted by Gasteiger charge is -2.28. The van der Waals surface area contributed by atoms with E-state index in [9.17, 15) is 9.59 Å². The minimum atomic E-state index is -0.0115. The molecular weight excluding hydrogens is 192 g/mol. The van der Waals surface area contributed by atoms with Crippen LogP contribution < -0.4 is 5.32 Å². The normalized spacial score (nSPS) is 19.5. The van der Waals surface area contributed by atoms with Gasteiger partial charge in [-0.1, -0.05) is 13.3 Å². The second kappa shape index (κ2) is 5.85. The Hall–Kier alpha value is -0.900. The van der Waals surface area contributed by atoms with E-state index in [1.165, 1.54) is 4.90 Å². The van der Waals surface area contributed by atoms with Crippen molar-refractivity contribution in [2.45, 2.75) is 45.1 Å². The summed E-state index contributed by atoms with van der Waals surface area (Å²) in [6, 6.07) is 0.237. The molecule has 1 N–H and O–H groups in total. The molecule has 1 saturated heterocycles. The number of likely N-dealkylation sites (N-methyl/N-ethyl adjacent to an activating group) is 1. The van der Waals surface area contributed by atoms with Gasteiger partial charge in [0.15, 0.2) is 0 Å². The highest BCUT2D eigenvalue weighted by Crippen LogP contribution is 2.13. The quantitative estimate of drug-likeness (QED) is 0.689. The Balaban J connectivity index is 2.52. The summed E-state index contributed by atoms with van der Waals surface area (Å²) in [5.41, 5.74) is 0. The van der Waals surface area contributed by atoms with Crippen molar-refractivity contribution >= 4 is 11.8 Å². The maximum atomic E-state index is 11.5. The number of hydrogen-bond donors (Lipinski definition) is 1. The summed E-state index contributed by atoms with van der Waals surface area (Å²) in [7, 11) is 1.87. The Kier molecular flexibility index (Phi) is 4.75. The van der Waals surface area contributed by atoms with Crippen LogP contribution in [-0.4, -0.2) is 36.3 Å². The number of nitrogens with zero attached hydrogens (tertiary/aromatic N) is 1. The molecule has 0 aliphatic carbocycles. The van der Waals surface area contributed by atoms with E-state index in [0.717, 1.165) is 12.8 Å². The molecule has 0 aromatic heterocycles. The lowest BCUT2D eigenvalue weighted by molar-refractivity contribution is -0.148. The van der Waals surface area contributed by atoms with Gasteiger partial charge in [0.1, 0.15) is 0 Å². The monoisotopic (exact) mass is 212 g/mol. The van der Waals surface area contributed by atoms with Crippen LogP contribution in [0.25, 0.3) is 0 Å². The molecule has 2 amide bonds. The topological polar surface area (TPSA) is 49.4 Å². The molecule has 15 heavy (non-hydrogen) atoms. The van der Waals surface area contributed by atoms with Crippen LogP contribution in [0.1, 0.15) is 39.0 Å². The summed E-state index contributed by atoms with van der Waals surface area (Å²) in [6.07, 6.45) is 3.81. The number of nitrogens with one attached hydrogen (secondary N) is 1. The van der Waals surface area contributed by atoms with E-state index < -0.39 is 0 Å². The molecule has 0 spiro atoms. The molecule has 0 radical (unpaired) electrons. The lowest BCUT2D eigenvalue weighted by Crippen LogP contribution is -2.47. The van der Waals surface area contributed by atoms with Crippen molar-refractivity contribution in [1.29, 1.82) is 0 Å². The van der Waals surface area contributed by atoms with Crippen LogP contribution in [0.5, 0.6) is 0 Å². The number of likely N-dealkylation sites (tertiary alicyclic amines) is 1. The molecule has 0 bridgehead atoms. The second-order valence-electron chi connectivity index (χ2n) is 4.03. The fraction of sp³-hybridized carbons (Fsp3) is 0.818. The molecule has 1 rings (SSSR count). The van der Waals surface area contributed by atoms with Crippen molar-refractivity contribution in [3.05, 3.63) is 0 Å². The van der Waals surface area contributed by atoms with Crippen molar-refractivity contribution < 1.29 is 9.59 Å². The van der Waals surface area contributed by atoms with Gasteiger partial charge < -0.3 is 5.32 Å². The fourth-order valence-corrected chi connectivity index (χ4v) is 1.90. The zero-order valence-corrected chi connectivity index (χ0v) is 9.58. The predicted molar refractivity (Wildman–Crippen MR) is 58.3 cm³/mol. The van der Waals surface area contributed by atoms with Crippen LogP contribution in [-0.2, 0) is 9.59 Å². The van der Waals surface area contributed by atoms with Crippen molar-refractivity contribution in [1.82, 2.24) is 10.2 Å². The summed E-state index contributed by atoms with van der Waals surface area (Å²) in [6.45, 7) is 2.63. The standard InChI is InChI=1S/C11H20N2O2/c1-3-5-9(12-2)8-13-10(14)6-4-7-11(13)15/h9,12H,3-8H2,1-2H3. The number of piperidine rings is 1. The Morgan fingerprint density at radius 3 is 2.40 bits per heavy atom. The molecule has 1 heterocycles. The first kappa shape index (κ1) is 12.2. The summed E-state index contributed by atoms with van der Waals surface area (Å²) in [5, 5.41) is 3.15. The number of carbonyl (C=O) groups excluding carboxylic acids is 2. The third kappa shape index (κ3) is 3.30. The van der Waals surface area contributed by atoms with Gasteiger partial charge in [-0.2, -0.15) is 0 Å². The highest BCUT2D eigenvalue weighted by molar-refractivity contribution is 5.97. The van der Waals surface area contributed by atoms with Crippen LogP contribution in [0.2, 0.25) is 0 Å². The minimum Gasteiger partial charge on any atom is -0.315 e. The van der Waals surface area contributed by atoms with E-state index in [2.05, 4.69) is 12.2 Å². The van der Waals surface area contributed by atoms with Crippen molar-refractivity contribution in [3.8, 4) is 0 Å².